The molecule has 8 heteroatoms. The van der Waals surface area contributed by atoms with Gasteiger partial charge in [-0.15, -0.1) is 11.3 Å². The second-order valence-corrected chi connectivity index (χ2v) is 7.47. The Morgan fingerprint density at radius 2 is 2.23 bits per heavy atom. The molecule has 1 amide bonds. The minimum Gasteiger partial charge on any atom is -0.390 e. The van der Waals surface area contributed by atoms with Gasteiger partial charge in [0.1, 0.15) is 10.6 Å². The van der Waals surface area contributed by atoms with Crippen LogP contribution in [0.3, 0.4) is 0 Å². The van der Waals surface area contributed by atoms with Crippen molar-refractivity contribution in [2.45, 2.75) is 18.9 Å². The Morgan fingerprint density at radius 3 is 3.08 bits per heavy atom. The molecule has 0 aliphatic carbocycles. The number of carbonyl (C=O) groups is 1. The van der Waals surface area contributed by atoms with Crippen molar-refractivity contribution in [1.29, 1.82) is 0 Å². The summed E-state index contributed by atoms with van der Waals surface area (Å²) in [6.45, 7) is 1.67. The van der Waals surface area contributed by atoms with E-state index in [4.69, 9.17) is 11.5 Å². The third-order valence-electron chi connectivity index (χ3n) is 4.55. The molecule has 4 rings (SSSR count). The minimum absolute atomic E-state index is 0.140. The third kappa shape index (κ3) is 3.09. The molecular weight excluding hydrogens is 348 g/mol. The number of carbonyl (C=O) groups excluding carboxylic acids is 1. The number of amides is 1. The van der Waals surface area contributed by atoms with E-state index in [2.05, 4.69) is 20.2 Å². The van der Waals surface area contributed by atoms with Crippen LogP contribution in [0.5, 0.6) is 0 Å². The molecule has 0 bridgehead atoms. The number of anilines is 3. The lowest BCUT2D eigenvalue weighted by Crippen LogP contribution is -2.43. The van der Waals surface area contributed by atoms with Crippen molar-refractivity contribution in [1.82, 2.24) is 9.97 Å². The molecule has 0 spiro atoms. The predicted molar refractivity (Wildman–Crippen MR) is 106 cm³/mol. The monoisotopic (exact) mass is 368 g/mol. The number of fused-ring (bicyclic) bond motifs is 1. The maximum absolute atomic E-state index is 12.9. The van der Waals surface area contributed by atoms with Gasteiger partial charge in [-0.3, -0.25) is 14.8 Å². The van der Waals surface area contributed by atoms with E-state index < -0.39 is 0 Å². The smallest absolute Gasteiger partial charge is 0.260 e. The number of nitrogen functional groups attached to an aromatic ring is 1. The highest BCUT2D eigenvalue weighted by atomic mass is 32.1. The van der Waals surface area contributed by atoms with Crippen molar-refractivity contribution in [3.8, 4) is 0 Å². The molecular formula is C18H20N6OS. The van der Waals surface area contributed by atoms with E-state index in [1.165, 1.54) is 11.3 Å². The van der Waals surface area contributed by atoms with Crippen molar-refractivity contribution < 1.29 is 4.79 Å². The predicted octanol–water partition coefficient (Wildman–Crippen LogP) is 2.45. The Balaban J connectivity index is 1.65. The van der Waals surface area contributed by atoms with Crippen LogP contribution in [0, 0.1) is 0 Å². The molecule has 7 nitrogen and oxygen atoms in total. The molecule has 1 saturated heterocycles. The molecule has 134 valence electrons. The van der Waals surface area contributed by atoms with Gasteiger partial charge in [-0.25, -0.2) is 0 Å². The molecule has 0 radical (unpaired) electrons. The normalized spacial score (nSPS) is 17.4. The van der Waals surface area contributed by atoms with Crippen LogP contribution in [0.1, 0.15) is 23.2 Å². The van der Waals surface area contributed by atoms with Crippen molar-refractivity contribution in [2.24, 2.45) is 5.73 Å². The number of piperidine rings is 1. The van der Waals surface area contributed by atoms with Crippen LogP contribution in [0.25, 0.3) is 10.2 Å². The Bertz CT molecular complexity index is 956. The third-order valence-corrected chi connectivity index (χ3v) is 5.52. The number of hydrogen-bond donors (Lipinski definition) is 3. The van der Waals surface area contributed by atoms with Gasteiger partial charge in [0.25, 0.3) is 5.91 Å². The number of thiophene rings is 1. The maximum Gasteiger partial charge on any atom is 0.260 e. The molecule has 3 aromatic heterocycles. The molecule has 1 aliphatic rings. The summed E-state index contributed by atoms with van der Waals surface area (Å²) in [5.74, 6) is -0.275. The second-order valence-electron chi connectivity index (χ2n) is 6.39. The van der Waals surface area contributed by atoms with Crippen LogP contribution in [0.15, 0.2) is 36.8 Å². The van der Waals surface area contributed by atoms with E-state index in [0.29, 0.717) is 21.8 Å². The quantitative estimate of drug-likeness (QED) is 0.655. The average Bonchev–Trinajstić information content (AvgIpc) is 2.98. The van der Waals surface area contributed by atoms with Crippen LogP contribution in [-0.4, -0.2) is 35.0 Å². The summed E-state index contributed by atoms with van der Waals surface area (Å²) in [5.41, 5.74) is 14.8. The molecule has 0 unspecified atom stereocenters. The summed E-state index contributed by atoms with van der Waals surface area (Å²) in [5, 5.41) is 3.42. The van der Waals surface area contributed by atoms with Gasteiger partial charge in [-0.1, -0.05) is 0 Å². The molecule has 4 heterocycles. The number of pyridine rings is 2. The number of rotatable bonds is 3. The molecule has 0 saturated carbocycles. The van der Waals surface area contributed by atoms with Crippen LogP contribution >= 0.6 is 11.3 Å². The Hall–Kier alpha value is -2.71. The molecule has 3 aromatic rings. The molecule has 5 N–H and O–H groups in total. The van der Waals surface area contributed by atoms with Gasteiger partial charge in [-0.05, 0) is 31.0 Å². The molecule has 1 fully saturated rings. The van der Waals surface area contributed by atoms with E-state index >= 15 is 0 Å². The summed E-state index contributed by atoms with van der Waals surface area (Å²) in [6, 6.07) is 5.78. The van der Waals surface area contributed by atoms with Gasteiger partial charge in [0.2, 0.25) is 0 Å². The summed E-state index contributed by atoms with van der Waals surface area (Å²) in [6.07, 6.45) is 7.09. The first-order chi connectivity index (χ1) is 12.6. The molecule has 1 atom stereocenters. The first-order valence-electron chi connectivity index (χ1n) is 8.52. The van der Waals surface area contributed by atoms with Gasteiger partial charge >= 0.3 is 0 Å². The Morgan fingerprint density at radius 1 is 1.35 bits per heavy atom. The first-order valence-corrected chi connectivity index (χ1v) is 9.34. The number of nitrogens with zero attached hydrogens (tertiary/aromatic N) is 3. The highest BCUT2D eigenvalue weighted by Crippen LogP contribution is 2.33. The second kappa shape index (κ2) is 6.89. The lowest BCUT2D eigenvalue weighted by atomic mass is 10.1. The number of nitrogens with one attached hydrogen (secondary N) is 1. The van der Waals surface area contributed by atoms with Crippen LogP contribution in [-0.2, 0) is 0 Å². The molecule has 1 aliphatic heterocycles. The lowest BCUT2D eigenvalue weighted by Gasteiger charge is -2.33. The van der Waals surface area contributed by atoms with E-state index in [1.54, 1.807) is 18.6 Å². The van der Waals surface area contributed by atoms with E-state index in [0.717, 1.165) is 36.3 Å². The van der Waals surface area contributed by atoms with Gasteiger partial charge in [0.15, 0.2) is 0 Å². The van der Waals surface area contributed by atoms with Crippen LogP contribution < -0.4 is 21.7 Å². The van der Waals surface area contributed by atoms with Gasteiger partial charge in [0.05, 0.1) is 27.8 Å². The molecule has 0 aromatic carbocycles. The zero-order valence-electron chi connectivity index (χ0n) is 14.2. The van der Waals surface area contributed by atoms with Crippen LogP contribution in [0.4, 0.5) is 16.4 Å². The zero-order valence-corrected chi connectivity index (χ0v) is 15.0. The van der Waals surface area contributed by atoms with E-state index in [-0.39, 0.29) is 11.9 Å². The highest BCUT2D eigenvalue weighted by molar-refractivity contribution is 7.23. The molecule has 26 heavy (non-hydrogen) atoms. The zero-order chi connectivity index (χ0) is 18.1. The minimum atomic E-state index is -0.275. The number of aromatic nitrogens is 2. The fourth-order valence-electron chi connectivity index (χ4n) is 3.34. The maximum atomic E-state index is 12.9. The topological polar surface area (TPSA) is 110 Å². The Labute approximate surface area is 155 Å². The van der Waals surface area contributed by atoms with Crippen molar-refractivity contribution in [3.63, 3.8) is 0 Å². The highest BCUT2D eigenvalue weighted by Gasteiger charge is 2.22. The summed E-state index contributed by atoms with van der Waals surface area (Å²) in [4.78, 5) is 23.6. The standard InChI is InChI=1S/C18H20N6OS/c19-11-3-2-8-24(10-11)13-5-7-21-9-12(13)23-18(25)15-16-14(26-17(15)20)4-1-6-22-16/h1,4-7,9,11H,2-3,8,10,19-20H2,(H,23,25)/t11-/m0/s1. The van der Waals surface area contributed by atoms with Crippen molar-refractivity contribution in [3.05, 3.63) is 42.4 Å². The van der Waals surface area contributed by atoms with Crippen molar-refractivity contribution in [2.75, 3.05) is 29.0 Å². The summed E-state index contributed by atoms with van der Waals surface area (Å²) >= 11 is 1.36. The fourth-order valence-corrected chi connectivity index (χ4v) is 4.27. The van der Waals surface area contributed by atoms with Crippen LogP contribution in [0.2, 0.25) is 0 Å². The summed E-state index contributed by atoms with van der Waals surface area (Å²) < 4.78 is 0.892. The van der Waals surface area contributed by atoms with Gasteiger partial charge in [0, 0.05) is 31.5 Å². The summed E-state index contributed by atoms with van der Waals surface area (Å²) in [7, 11) is 0. The number of hydrogen-bond acceptors (Lipinski definition) is 7. The number of nitrogens with two attached hydrogens (primary N) is 2. The van der Waals surface area contributed by atoms with Gasteiger partial charge in [-0.2, -0.15) is 0 Å². The SMILES string of the molecule is Nc1sc2cccnc2c1C(=O)Nc1cnccc1N1CCC[C@H](N)C1. The Kier molecular flexibility index (Phi) is 4.44. The van der Waals surface area contributed by atoms with E-state index in [9.17, 15) is 4.79 Å². The fraction of sp³-hybridized carbons (Fsp3) is 0.278. The first kappa shape index (κ1) is 16.7. The van der Waals surface area contributed by atoms with Gasteiger partial charge < -0.3 is 21.7 Å². The largest absolute Gasteiger partial charge is 0.390 e. The average molecular weight is 368 g/mol. The van der Waals surface area contributed by atoms with E-state index in [1.807, 2.05) is 18.2 Å². The lowest BCUT2D eigenvalue weighted by molar-refractivity contribution is 0.102. The van der Waals surface area contributed by atoms with Crippen molar-refractivity contribution >= 4 is 43.8 Å².